The zero-order chi connectivity index (χ0) is 18.3. The van der Waals surface area contributed by atoms with E-state index < -0.39 is 12.1 Å². The van der Waals surface area contributed by atoms with Crippen LogP contribution < -0.4 is 9.64 Å². The minimum Gasteiger partial charge on any atom is -0.497 e. The zero-order valence-corrected chi connectivity index (χ0v) is 14.5. The molecule has 0 fully saturated rings. The smallest absolute Gasteiger partial charge is 0.416 e. The Morgan fingerprint density at radius 1 is 1.12 bits per heavy atom. The molecule has 2 heterocycles. The van der Waals surface area contributed by atoms with E-state index in [1.54, 1.807) is 24.7 Å². The largest absolute Gasteiger partial charge is 0.497 e. The van der Waals surface area contributed by atoms with E-state index in [0.29, 0.717) is 11.6 Å². The number of methoxy groups -OCH3 is 1. The summed E-state index contributed by atoms with van der Waals surface area (Å²) in [4.78, 5) is 26.7. The van der Waals surface area contributed by atoms with Gasteiger partial charge in [0.25, 0.3) is 5.91 Å². The van der Waals surface area contributed by atoms with E-state index in [0.717, 1.165) is 16.5 Å². The van der Waals surface area contributed by atoms with E-state index >= 15 is 0 Å². The number of carbonyl (C=O) groups excluding carboxylic acids is 2. The van der Waals surface area contributed by atoms with E-state index in [9.17, 15) is 9.59 Å². The number of hydrogen-bond acceptors (Lipinski definition) is 4. The van der Waals surface area contributed by atoms with Gasteiger partial charge < -0.3 is 9.47 Å². The molecule has 0 radical (unpaired) electrons. The topological polar surface area (TPSA) is 60.8 Å². The Labute approximate surface area is 150 Å². The Kier molecular flexibility index (Phi) is 3.88. The monoisotopic (exact) mass is 350 g/mol. The summed E-state index contributed by atoms with van der Waals surface area (Å²) in [7, 11) is 1.59. The van der Waals surface area contributed by atoms with Crippen molar-refractivity contribution in [1.29, 1.82) is 0 Å². The van der Waals surface area contributed by atoms with E-state index in [1.807, 2.05) is 48.5 Å². The van der Waals surface area contributed by atoms with Crippen LogP contribution in [0, 0.1) is 0 Å². The summed E-state index contributed by atoms with van der Waals surface area (Å²) >= 11 is 0. The van der Waals surface area contributed by atoms with Crippen LogP contribution in [0.15, 0.2) is 54.6 Å². The number of ether oxygens (including phenoxy) is 2. The highest BCUT2D eigenvalue weighted by atomic mass is 16.6. The number of benzene rings is 2. The number of carbonyl (C=O) groups is 2. The molecule has 6 nitrogen and oxygen atoms in total. The Morgan fingerprint density at radius 2 is 1.88 bits per heavy atom. The molecule has 132 valence electrons. The molecule has 4 rings (SSSR count). The second-order valence-corrected chi connectivity index (χ2v) is 6.19. The van der Waals surface area contributed by atoms with Gasteiger partial charge in [-0.15, -0.1) is 0 Å². The van der Waals surface area contributed by atoms with E-state index in [4.69, 9.17) is 9.47 Å². The summed E-state index contributed by atoms with van der Waals surface area (Å²) in [6.07, 6.45) is -0.539. The number of amides is 1. The van der Waals surface area contributed by atoms with Gasteiger partial charge in [-0.2, -0.15) is 0 Å². The third-order valence-corrected chi connectivity index (χ3v) is 4.60. The zero-order valence-electron chi connectivity index (χ0n) is 14.5. The van der Waals surface area contributed by atoms with E-state index in [1.165, 1.54) is 4.90 Å². The van der Waals surface area contributed by atoms with Crippen LogP contribution in [0.2, 0.25) is 0 Å². The van der Waals surface area contributed by atoms with Gasteiger partial charge in [-0.1, -0.05) is 30.3 Å². The first kappa shape index (κ1) is 16.2. The fourth-order valence-electron chi connectivity index (χ4n) is 3.25. The third-order valence-electron chi connectivity index (χ3n) is 4.60. The fraction of sp³-hybridized carbons (Fsp3) is 0.200. The van der Waals surface area contributed by atoms with E-state index in [2.05, 4.69) is 0 Å². The van der Waals surface area contributed by atoms with Crippen LogP contribution in [0.25, 0.3) is 10.9 Å². The van der Waals surface area contributed by atoms with Gasteiger partial charge in [0.05, 0.1) is 12.6 Å². The fourth-order valence-corrected chi connectivity index (χ4v) is 3.25. The molecule has 26 heavy (non-hydrogen) atoms. The molecular formula is C20H18N2O4. The highest BCUT2D eigenvalue weighted by Crippen LogP contribution is 2.35. The first-order valence-corrected chi connectivity index (χ1v) is 8.34. The quantitative estimate of drug-likeness (QED) is 0.720. The molecule has 1 atom stereocenters. The Balaban J connectivity index is 1.65. The summed E-state index contributed by atoms with van der Waals surface area (Å²) in [5.41, 5.74) is 1.64. The van der Waals surface area contributed by atoms with Gasteiger partial charge >= 0.3 is 6.09 Å². The Morgan fingerprint density at radius 3 is 2.62 bits per heavy atom. The maximum Gasteiger partial charge on any atom is 0.416 e. The Hall–Kier alpha value is -3.28. The third kappa shape index (κ3) is 2.50. The van der Waals surface area contributed by atoms with Crippen LogP contribution in [0.3, 0.4) is 0 Å². The molecule has 0 unspecified atom stereocenters. The lowest BCUT2D eigenvalue weighted by Crippen LogP contribution is -2.38. The second-order valence-electron chi connectivity index (χ2n) is 6.19. The minimum absolute atomic E-state index is 0.156. The number of rotatable bonds is 3. The van der Waals surface area contributed by atoms with Gasteiger partial charge in [-0.3, -0.25) is 14.3 Å². The van der Waals surface area contributed by atoms with Crippen LogP contribution in [-0.2, 0) is 11.3 Å². The molecule has 3 aromatic rings. The second kappa shape index (κ2) is 6.22. The average molecular weight is 350 g/mol. The lowest BCUT2D eigenvalue weighted by Gasteiger charge is -2.19. The van der Waals surface area contributed by atoms with E-state index in [-0.39, 0.29) is 12.5 Å². The van der Waals surface area contributed by atoms with Crippen LogP contribution in [0.1, 0.15) is 17.3 Å². The van der Waals surface area contributed by atoms with Crippen molar-refractivity contribution < 1.29 is 19.1 Å². The molecule has 1 aromatic heterocycles. The number of anilines is 1. The molecule has 6 heteroatoms. The van der Waals surface area contributed by atoms with Gasteiger partial charge in [0.15, 0.2) is 0 Å². The summed E-state index contributed by atoms with van der Waals surface area (Å²) in [6, 6.07) is 16.1. The molecule has 1 aliphatic rings. The summed E-state index contributed by atoms with van der Waals surface area (Å²) in [6.45, 7) is 1.86. The average Bonchev–Trinajstić information content (AvgIpc) is 3.15. The number of aromatic nitrogens is 1. The predicted molar refractivity (Wildman–Crippen MR) is 97.7 cm³/mol. The van der Waals surface area contributed by atoms with Gasteiger partial charge in [0, 0.05) is 5.39 Å². The van der Waals surface area contributed by atoms with Crippen LogP contribution in [-0.4, -0.2) is 29.7 Å². The molecule has 0 N–H and O–H groups in total. The maximum atomic E-state index is 12.7. The lowest BCUT2D eigenvalue weighted by molar-refractivity contribution is 0.0904. The van der Waals surface area contributed by atoms with Crippen molar-refractivity contribution in [2.45, 2.75) is 19.6 Å². The van der Waals surface area contributed by atoms with Crippen molar-refractivity contribution in [3.8, 4) is 5.75 Å². The minimum atomic E-state index is -0.611. The van der Waals surface area contributed by atoms with Crippen molar-refractivity contribution in [2.75, 3.05) is 12.0 Å². The molecule has 0 saturated carbocycles. The standard InChI is InChI=1S/C20H18N2O4/c1-13-19(23)22-17-9-8-16(25-2)10-15(17)11-18(22)21(13)20(24)26-12-14-6-4-3-5-7-14/h3-11,13H,12H2,1-2H3/t13-/m0/s1. The van der Waals surface area contributed by atoms with Crippen molar-refractivity contribution in [3.63, 3.8) is 0 Å². The molecule has 0 bridgehead atoms. The van der Waals surface area contributed by atoms with Crippen molar-refractivity contribution >= 4 is 28.7 Å². The summed E-state index contributed by atoms with van der Waals surface area (Å²) in [5, 5.41) is 0.834. The highest BCUT2D eigenvalue weighted by molar-refractivity contribution is 6.10. The molecular weight excluding hydrogens is 332 g/mol. The molecule has 1 aliphatic heterocycles. The summed E-state index contributed by atoms with van der Waals surface area (Å²) in [5.74, 6) is 1.06. The van der Waals surface area contributed by atoms with Crippen molar-refractivity contribution in [2.24, 2.45) is 0 Å². The van der Waals surface area contributed by atoms with Crippen LogP contribution in [0.4, 0.5) is 10.6 Å². The lowest BCUT2D eigenvalue weighted by atomic mass is 10.2. The van der Waals surface area contributed by atoms with Crippen LogP contribution >= 0.6 is 0 Å². The Bertz CT molecular complexity index is 994. The number of fused-ring (bicyclic) bond motifs is 3. The SMILES string of the molecule is COc1ccc2c(c1)cc1n2C(=O)[C@H](C)N1C(=O)OCc1ccccc1. The maximum absolute atomic E-state index is 12.7. The van der Waals surface area contributed by atoms with Gasteiger partial charge in [0.2, 0.25) is 0 Å². The normalized spacial score (nSPS) is 16.0. The molecule has 0 saturated heterocycles. The number of hydrogen-bond donors (Lipinski definition) is 0. The molecule has 1 amide bonds. The predicted octanol–water partition coefficient (Wildman–Crippen LogP) is 3.84. The van der Waals surface area contributed by atoms with Gasteiger partial charge in [0.1, 0.15) is 24.2 Å². The highest BCUT2D eigenvalue weighted by Gasteiger charge is 2.40. The molecule has 2 aromatic carbocycles. The number of nitrogens with zero attached hydrogens (tertiary/aromatic N) is 2. The van der Waals surface area contributed by atoms with Gasteiger partial charge in [-0.05, 0) is 36.8 Å². The first-order valence-electron chi connectivity index (χ1n) is 8.34. The first-order chi connectivity index (χ1) is 12.6. The molecule has 0 aliphatic carbocycles. The molecule has 0 spiro atoms. The van der Waals surface area contributed by atoms with Crippen molar-refractivity contribution in [3.05, 3.63) is 60.2 Å². The summed E-state index contributed by atoms with van der Waals surface area (Å²) < 4.78 is 12.2. The van der Waals surface area contributed by atoms with Crippen LogP contribution in [0.5, 0.6) is 5.75 Å². The van der Waals surface area contributed by atoms with Gasteiger partial charge in [-0.25, -0.2) is 4.79 Å². The van der Waals surface area contributed by atoms with Crippen molar-refractivity contribution in [1.82, 2.24) is 4.57 Å².